The topological polar surface area (TPSA) is 32.8 Å². The molecule has 2 unspecified atom stereocenters. The smallest absolute Gasteiger partial charge is 0.225 e. The van der Waals surface area contributed by atoms with Gasteiger partial charge in [-0.2, -0.15) is 0 Å². The predicted octanol–water partition coefficient (Wildman–Crippen LogP) is 4.10. The van der Waals surface area contributed by atoms with Crippen molar-refractivity contribution >= 4 is 5.91 Å². The van der Waals surface area contributed by atoms with E-state index in [1.54, 1.807) is 0 Å². The molecule has 2 heterocycles. The summed E-state index contributed by atoms with van der Waals surface area (Å²) in [5.74, 6) is 0.481. The molecule has 5 rings (SSSR count). The first-order valence-corrected chi connectivity index (χ1v) is 11.0. The Hall–Kier alpha value is -2.17. The lowest BCUT2D eigenvalue weighted by atomic mass is 9.92. The number of benzene rings is 2. The molecule has 0 bridgehead atoms. The van der Waals surface area contributed by atoms with Crippen LogP contribution in [-0.2, 0) is 9.53 Å². The van der Waals surface area contributed by atoms with Gasteiger partial charge in [-0.05, 0) is 62.0 Å². The van der Waals surface area contributed by atoms with E-state index < -0.39 is 0 Å². The fourth-order valence-electron chi connectivity index (χ4n) is 5.54. The molecule has 0 spiro atoms. The number of fused-ring (bicyclic) bond motifs is 3. The van der Waals surface area contributed by atoms with Crippen molar-refractivity contribution in [3.8, 4) is 11.1 Å². The minimum absolute atomic E-state index is 0.134. The minimum Gasteiger partial charge on any atom is -0.372 e. The van der Waals surface area contributed by atoms with Crippen molar-refractivity contribution in [2.45, 2.75) is 44.9 Å². The Balaban J connectivity index is 1.31. The molecular weight excluding hydrogens is 360 g/mol. The maximum atomic E-state index is 13.1. The van der Waals surface area contributed by atoms with E-state index in [-0.39, 0.29) is 18.1 Å². The van der Waals surface area contributed by atoms with Crippen LogP contribution in [0.25, 0.3) is 11.1 Å². The Kier molecular flexibility index (Phi) is 4.92. The molecule has 2 aliphatic heterocycles. The second-order valence-corrected chi connectivity index (χ2v) is 8.89. The number of rotatable bonds is 2. The molecule has 3 aliphatic rings. The average molecular weight is 391 g/mol. The molecule has 1 amide bonds. The van der Waals surface area contributed by atoms with Crippen molar-refractivity contribution in [3.05, 3.63) is 59.7 Å². The lowest BCUT2D eigenvalue weighted by molar-refractivity contribution is -0.149. The van der Waals surface area contributed by atoms with E-state index in [1.165, 1.54) is 22.3 Å². The molecule has 0 aromatic heterocycles. The van der Waals surface area contributed by atoms with Gasteiger partial charge in [-0.15, -0.1) is 0 Å². The zero-order valence-electron chi connectivity index (χ0n) is 17.4. The van der Waals surface area contributed by atoms with Crippen LogP contribution >= 0.6 is 0 Å². The number of hydrogen-bond donors (Lipinski definition) is 0. The molecule has 2 atom stereocenters. The fraction of sp³-hybridized carbons (Fsp3) is 0.480. The zero-order chi connectivity index (χ0) is 20.0. The molecule has 2 aromatic carbocycles. The first-order chi connectivity index (χ1) is 14.1. The number of morpholine rings is 1. The highest BCUT2D eigenvalue weighted by atomic mass is 16.5. The molecular formula is C25H30N2O2. The molecule has 4 heteroatoms. The number of amides is 1. The molecule has 152 valence electrons. The van der Waals surface area contributed by atoms with E-state index in [4.69, 9.17) is 4.74 Å². The molecule has 0 radical (unpaired) electrons. The quantitative estimate of drug-likeness (QED) is 0.774. The maximum absolute atomic E-state index is 13.1. The van der Waals surface area contributed by atoms with Gasteiger partial charge >= 0.3 is 0 Å². The largest absolute Gasteiger partial charge is 0.372 e. The summed E-state index contributed by atoms with van der Waals surface area (Å²) in [6.45, 7) is 7.53. The van der Waals surface area contributed by atoms with Crippen LogP contribution in [0.1, 0.15) is 43.9 Å². The number of carbonyl (C=O) groups excluding carboxylic acids is 1. The van der Waals surface area contributed by atoms with Gasteiger partial charge in [0.15, 0.2) is 0 Å². The number of ether oxygens (including phenoxy) is 1. The lowest BCUT2D eigenvalue weighted by Gasteiger charge is -2.40. The van der Waals surface area contributed by atoms with E-state index in [0.29, 0.717) is 11.9 Å². The summed E-state index contributed by atoms with van der Waals surface area (Å²) in [7, 11) is 0. The fourth-order valence-corrected chi connectivity index (χ4v) is 5.54. The highest BCUT2D eigenvalue weighted by Crippen LogP contribution is 2.47. The normalized spacial score (nSPS) is 25.7. The average Bonchev–Trinajstić information content (AvgIpc) is 3.07. The minimum atomic E-state index is 0.134. The van der Waals surface area contributed by atoms with Gasteiger partial charge in [0.2, 0.25) is 5.91 Å². The summed E-state index contributed by atoms with van der Waals surface area (Å²) >= 11 is 0. The van der Waals surface area contributed by atoms with Gasteiger partial charge in [-0.3, -0.25) is 9.69 Å². The number of likely N-dealkylation sites (tertiary alicyclic amines) is 1. The molecule has 29 heavy (non-hydrogen) atoms. The molecule has 2 fully saturated rings. The molecule has 0 saturated carbocycles. The van der Waals surface area contributed by atoms with Crippen molar-refractivity contribution in [1.29, 1.82) is 0 Å². The van der Waals surface area contributed by atoms with Crippen LogP contribution in [-0.4, -0.2) is 54.1 Å². The Bertz CT molecular complexity index is 848. The van der Waals surface area contributed by atoms with Gasteiger partial charge in [0, 0.05) is 19.0 Å². The SMILES string of the molecule is CC1CN(C(=O)C2CCN(C3c4ccccc4-c4ccccc43)CC2)CC(C)O1. The van der Waals surface area contributed by atoms with Gasteiger partial charge in [0.1, 0.15) is 0 Å². The highest BCUT2D eigenvalue weighted by molar-refractivity contribution is 5.80. The van der Waals surface area contributed by atoms with Gasteiger partial charge < -0.3 is 9.64 Å². The van der Waals surface area contributed by atoms with Crippen molar-refractivity contribution in [1.82, 2.24) is 9.80 Å². The summed E-state index contributed by atoms with van der Waals surface area (Å²) in [6, 6.07) is 17.9. The van der Waals surface area contributed by atoms with E-state index in [9.17, 15) is 4.79 Å². The monoisotopic (exact) mass is 390 g/mol. The summed E-state index contributed by atoms with van der Waals surface area (Å²) in [4.78, 5) is 17.7. The second kappa shape index (κ2) is 7.58. The molecule has 0 N–H and O–H groups in total. The van der Waals surface area contributed by atoms with Crippen LogP contribution < -0.4 is 0 Å². The first-order valence-electron chi connectivity index (χ1n) is 11.0. The second-order valence-electron chi connectivity index (χ2n) is 8.89. The van der Waals surface area contributed by atoms with Gasteiger partial charge in [0.25, 0.3) is 0 Å². The first kappa shape index (κ1) is 18.8. The van der Waals surface area contributed by atoms with Crippen molar-refractivity contribution < 1.29 is 9.53 Å². The summed E-state index contributed by atoms with van der Waals surface area (Å²) in [5, 5.41) is 0. The lowest BCUT2D eigenvalue weighted by Crippen LogP contribution is -2.51. The Labute approximate surface area is 173 Å². The van der Waals surface area contributed by atoms with Gasteiger partial charge in [-0.25, -0.2) is 0 Å². The van der Waals surface area contributed by atoms with E-state index >= 15 is 0 Å². The number of hydrogen-bond acceptors (Lipinski definition) is 3. The van der Waals surface area contributed by atoms with Crippen LogP contribution in [0.2, 0.25) is 0 Å². The van der Waals surface area contributed by atoms with E-state index in [2.05, 4.69) is 67.3 Å². The van der Waals surface area contributed by atoms with Crippen molar-refractivity contribution in [3.63, 3.8) is 0 Å². The van der Waals surface area contributed by atoms with Crippen LogP contribution in [0.4, 0.5) is 0 Å². The van der Waals surface area contributed by atoms with Gasteiger partial charge in [0.05, 0.1) is 18.2 Å². The van der Waals surface area contributed by atoms with Crippen LogP contribution in [0.3, 0.4) is 0 Å². The summed E-state index contributed by atoms with van der Waals surface area (Å²) in [5.41, 5.74) is 5.55. The predicted molar refractivity (Wildman–Crippen MR) is 115 cm³/mol. The van der Waals surface area contributed by atoms with E-state index in [1.807, 2.05) is 4.90 Å². The molecule has 4 nitrogen and oxygen atoms in total. The molecule has 2 saturated heterocycles. The third-order valence-corrected chi connectivity index (χ3v) is 6.78. The number of piperidine rings is 1. The molecule has 2 aromatic rings. The third kappa shape index (κ3) is 3.38. The van der Waals surface area contributed by atoms with Crippen LogP contribution in [0, 0.1) is 5.92 Å². The number of nitrogens with zero attached hydrogens (tertiary/aromatic N) is 2. The van der Waals surface area contributed by atoms with Crippen LogP contribution in [0.5, 0.6) is 0 Å². The third-order valence-electron chi connectivity index (χ3n) is 6.78. The Morgan fingerprint density at radius 3 is 1.93 bits per heavy atom. The zero-order valence-corrected chi connectivity index (χ0v) is 17.4. The Morgan fingerprint density at radius 2 is 1.38 bits per heavy atom. The van der Waals surface area contributed by atoms with Crippen molar-refractivity contribution in [2.75, 3.05) is 26.2 Å². The number of carbonyl (C=O) groups is 1. The Morgan fingerprint density at radius 1 is 0.862 bits per heavy atom. The molecule has 1 aliphatic carbocycles. The highest BCUT2D eigenvalue weighted by Gasteiger charge is 2.37. The van der Waals surface area contributed by atoms with E-state index in [0.717, 1.165) is 39.0 Å². The van der Waals surface area contributed by atoms with Crippen LogP contribution in [0.15, 0.2) is 48.5 Å². The summed E-state index contributed by atoms with van der Waals surface area (Å²) < 4.78 is 5.80. The summed E-state index contributed by atoms with van der Waals surface area (Å²) in [6.07, 6.45) is 2.16. The van der Waals surface area contributed by atoms with Crippen molar-refractivity contribution in [2.24, 2.45) is 5.92 Å². The maximum Gasteiger partial charge on any atom is 0.225 e. The standard InChI is InChI=1S/C25H30N2O2/c1-17-15-27(16-18(2)29-17)25(28)19-11-13-26(14-12-19)24-22-9-5-3-7-20(22)21-8-4-6-10-23(21)24/h3-10,17-19,24H,11-16H2,1-2H3. The van der Waals surface area contributed by atoms with Gasteiger partial charge in [-0.1, -0.05) is 48.5 Å².